The van der Waals surface area contributed by atoms with Gasteiger partial charge in [0.25, 0.3) is 0 Å². The SMILES string of the molecule is CC(NC(=O)C(CC(=O)O)NC(=O)OCC1c2ccccc2-c2ccccc21)C(C)(C)C. The number of rotatable bonds is 7. The first-order valence-corrected chi connectivity index (χ1v) is 10.7. The van der Waals surface area contributed by atoms with Crippen LogP contribution < -0.4 is 10.6 Å². The van der Waals surface area contributed by atoms with Crippen molar-refractivity contribution in [2.24, 2.45) is 5.41 Å². The number of ether oxygens (including phenoxy) is 1. The molecule has 3 rings (SSSR count). The van der Waals surface area contributed by atoms with Gasteiger partial charge < -0.3 is 20.5 Å². The maximum absolute atomic E-state index is 12.6. The topological polar surface area (TPSA) is 105 Å². The number of alkyl carbamates (subject to hydrolysis) is 1. The fourth-order valence-corrected chi connectivity index (χ4v) is 3.70. The molecule has 2 amide bonds. The van der Waals surface area contributed by atoms with Gasteiger partial charge in [-0.15, -0.1) is 0 Å². The van der Waals surface area contributed by atoms with E-state index in [9.17, 15) is 19.5 Å². The number of amides is 2. The van der Waals surface area contributed by atoms with Crippen molar-refractivity contribution in [2.75, 3.05) is 6.61 Å². The Morgan fingerprint density at radius 1 is 0.969 bits per heavy atom. The average molecular weight is 439 g/mol. The Balaban J connectivity index is 1.67. The minimum absolute atomic E-state index is 0.0830. The zero-order valence-corrected chi connectivity index (χ0v) is 18.8. The number of benzene rings is 2. The fraction of sp³-hybridized carbons (Fsp3) is 0.400. The summed E-state index contributed by atoms with van der Waals surface area (Å²) in [7, 11) is 0. The smallest absolute Gasteiger partial charge is 0.407 e. The number of carboxylic acids is 1. The molecule has 0 aliphatic heterocycles. The summed E-state index contributed by atoms with van der Waals surface area (Å²) in [4.78, 5) is 36.4. The van der Waals surface area contributed by atoms with Crippen LogP contribution >= 0.6 is 0 Å². The molecule has 0 radical (unpaired) electrons. The van der Waals surface area contributed by atoms with Crippen LogP contribution in [0.1, 0.15) is 51.2 Å². The van der Waals surface area contributed by atoms with Crippen molar-refractivity contribution >= 4 is 18.0 Å². The average Bonchev–Trinajstić information content (AvgIpc) is 3.04. The third kappa shape index (κ3) is 5.28. The first-order chi connectivity index (χ1) is 15.1. The largest absolute Gasteiger partial charge is 0.481 e. The molecule has 2 atom stereocenters. The number of aliphatic carboxylic acids is 1. The highest BCUT2D eigenvalue weighted by Gasteiger charge is 2.31. The lowest BCUT2D eigenvalue weighted by Crippen LogP contribution is -2.52. The highest BCUT2D eigenvalue weighted by atomic mass is 16.5. The molecule has 2 unspecified atom stereocenters. The quantitative estimate of drug-likeness (QED) is 0.608. The number of nitrogens with one attached hydrogen (secondary N) is 2. The summed E-state index contributed by atoms with van der Waals surface area (Å²) in [5, 5.41) is 14.4. The molecule has 0 spiro atoms. The Labute approximate surface area is 188 Å². The molecule has 1 aliphatic carbocycles. The van der Waals surface area contributed by atoms with Crippen LogP contribution in [0.15, 0.2) is 48.5 Å². The summed E-state index contributed by atoms with van der Waals surface area (Å²) in [6.07, 6.45) is -1.36. The van der Waals surface area contributed by atoms with Gasteiger partial charge in [0, 0.05) is 12.0 Å². The molecular weight excluding hydrogens is 408 g/mol. The second-order valence-corrected chi connectivity index (χ2v) is 9.22. The molecule has 7 heteroatoms. The second kappa shape index (κ2) is 9.42. The summed E-state index contributed by atoms with van der Waals surface area (Å²) >= 11 is 0. The molecule has 2 aromatic carbocycles. The third-order valence-electron chi connectivity index (χ3n) is 5.99. The Bertz CT molecular complexity index is 966. The fourth-order valence-electron chi connectivity index (χ4n) is 3.70. The maximum atomic E-state index is 12.6. The zero-order valence-electron chi connectivity index (χ0n) is 18.8. The van der Waals surface area contributed by atoms with E-state index in [4.69, 9.17) is 4.74 Å². The number of carboxylic acid groups (broad SMARTS) is 1. The highest BCUT2D eigenvalue weighted by molar-refractivity contribution is 5.89. The van der Waals surface area contributed by atoms with Crippen LogP contribution in [-0.4, -0.2) is 41.8 Å². The molecule has 0 saturated heterocycles. The lowest BCUT2D eigenvalue weighted by atomic mass is 9.88. The minimum Gasteiger partial charge on any atom is -0.481 e. The molecule has 0 saturated carbocycles. The van der Waals surface area contributed by atoms with E-state index in [1.165, 1.54) is 0 Å². The molecule has 3 N–H and O–H groups in total. The van der Waals surface area contributed by atoms with Crippen LogP contribution in [0.5, 0.6) is 0 Å². The van der Waals surface area contributed by atoms with E-state index in [1.807, 2.05) is 76.2 Å². The van der Waals surface area contributed by atoms with E-state index >= 15 is 0 Å². The predicted octanol–water partition coefficient (Wildman–Crippen LogP) is 3.92. The predicted molar refractivity (Wildman–Crippen MR) is 121 cm³/mol. The monoisotopic (exact) mass is 438 g/mol. The Hall–Kier alpha value is -3.35. The number of hydrogen-bond donors (Lipinski definition) is 3. The van der Waals surface area contributed by atoms with Gasteiger partial charge in [0.15, 0.2) is 0 Å². The number of carbonyl (C=O) groups is 3. The van der Waals surface area contributed by atoms with Gasteiger partial charge >= 0.3 is 12.1 Å². The van der Waals surface area contributed by atoms with Crippen molar-refractivity contribution in [1.29, 1.82) is 0 Å². The Morgan fingerprint density at radius 2 is 1.50 bits per heavy atom. The third-order valence-corrected chi connectivity index (χ3v) is 5.99. The zero-order chi connectivity index (χ0) is 23.5. The summed E-state index contributed by atoms with van der Waals surface area (Å²) in [6, 6.07) is 14.5. The van der Waals surface area contributed by atoms with Gasteiger partial charge in [0.2, 0.25) is 5.91 Å². The maximum Gasteiger partial charge on any atom is 0.407 e. The van der Waals surface area contributed by atoms with Crippen LogP contribution in [0.3, 0.4) is 0 Å². The first-order valence-electron chi connectivity index (χ1n) is 10.7. The van der Waals surface area contributed by atoms with E-state index in [1.54, 1.807) is 0 Å². The van der Waals surface area contributed by atoms with Crippen LogP contribution in [0.25, 0.3) is 11.1 Å². The van der Waals surface area contributed by atoms with Gasteiger partial charge in [-0.1, -0.05) is 69.3 Å². The standard InChI is InChI=1S/C25H30N2O5/c1-15(25(2,3)4)26-23(30)21(13-22(28)29)27-24(31)32-14-20-18-11-7-5-9-16(18)17-10-6-8-12-19(17)20/h5-12,15,20-21H,13-14H2,1-4H3,(H,26,30)(H,27,31)(H,28,29). The second-order valence-electron chi connectivity index (χ2n) is 9.22. The summed E-state index contributed by atoms with van der Waals surface area (Å²) in [6.45, 7) is 7.80. The number of hydrogen-bond acceptors (Lipinski definition) is 4. The van der Waals surface area contributed by atoms with Crippen LogP contribution in [-0.2, 0) is 14.3 Å². The molecule has 0 fully saturated rings. The Kier molecular flexibility index (Phi) is 6.87. The van der Waals surface area contributed by atoms with Gasteiger partial charge in [-0.05, 0) is 34.6 Å². The lowest BCUT2D eigenvalue weighted by Gasteiger charge is -2.29. The van der Waals surface area contributed by atoms with Gasteiger partial charge in [-0.3, -0.25) is 9.59 Å². The van der Waals surface area contributed by atoms with E-state index in [0.717, 1.165) is 22.3 Å². The normalized spacial score (nSPS) is 14.6. The van der Waals surface area contributed by atoms with Gasteiger partial charge in [0.1, 0.15) is 12.6 Å². The summed E-state index contributed by atoms with van der Waals surface area (Å²) in [5.74, 6) is -1.86. The van der Waals surface area contributed by atoms with Gasteiger partial charge in [-0.25, -0.2) is 4.79 Å². The van der Waals surface area contributed by atoms with Crippen molar-refractivity contribution in [1.82, 2.24) is 10.6 Å². The Morgan fingerprint density at radius 3 is 2.00 bits per heavy atom. The van der Waals surface area contributed by atoms with Crippen LogP contribution in [0.2, 0.25) is 0 Å². The van der Waals surface area contributed by atoms with Crippen molar-refractivity contribution in [2.45, 2.75) is 52.1 Å². The molecule has 0 aromatic heterocycles. The van der Waals surface area contributed by atoms with Gasteiger partial charge in [-0.2, -0.15) is 0 Å². The van der Waals surface area contributed by atoms with Crippen molar-refractivity contribution in [3.8, 4) is 11.1 Å². The lowest BCUT2D eigenvalue weighted by molar-refractivity contribution is -0.140. The highest BCUT2D eigenvalue weighted by Crippen LogP contribution is 2.44. The minimum atomic E-state index is -1.23. The van der Waals surface area contributed by atoms with Crippen LogP contribution in [0, 0.1) is 5.41 Å². The van der Waals surface area contributed by atoms with Gasteiger partial charge in [0.05, 0.1) is 6.42 Å². The number of carbonyl (C=O) groups excluding carboxylic acids is 2. The molecule has 170 valence electrons. The summed E-state index contributed by atoms with van der Waals surface area (Å²) < 4.78 is 5.45. The molecule has 0 bridgehead atoms. The van der Waals surface area contributed by atoms with Crippen molar-refractivity contribution in [3.05, 3.63) is 59.7 Å². The molecule has 1 aliphatic rings. The first kappa shape index (κ1) is 23.3. The molecule has 7 nitrogen and oxygen atoms in total. The summed E-state index contributed by atoms with van der Waals surface area (Å²) in [5.41, 5.74) is 4.14. The molecule has 2 aromatic rings. The van der Waals surface area contributed by atoms with Crippen LogP contribution in [0.4, 0.5) is 4.79 Å². The number of fused-ring (bicyclic) bond motifs is 3. The van der Waals surface area contributed by atoms with E-state index in [0.29, 0.717) is 0 Å². The van der Waals surface area contributed by atoms with E-state index in [-0.39, 0.29) is 24.0 Å². The van der Waals surface area contributed by atoms with E-state index < -0.39 is 30.4 Å². The molecule has 32 heavy (non-hydrogen) atoms. The van der Waals surface area contributed by atoms with E-state index in [2.05, 4.69) is 10.6 Å². The molecular formula is C25H30N2O5. The van der Waals surface area contributed by atoms with Crippen molar-refractivity contribution in [3.63, 3.8) is 0 Å². The van der Waals surface area contributed by atoms with Crippen molar-refractivity contribution < 1.29 is 24.2 Å². The molecule has 0 heterocycles.